The number of benzene rings is 2. The van der Waals surface area contributed by atoms with Gasteiger partial charge in [-0.25, -0.2) is 14.8 Å². The van der Waals surface area contributed by atoms with Crippen molar-refractivity contribution in [3.05, 3.63) is 93.9 Å². The lowest BCUT2D eigenvalue weighted by atomic mass is 9.86. The number of primary amides is 1. The van der Waals surface area contributed by atoms with Crippen LogP contribution in [0, 0.1) is 0 Å². The highest BCUT2D eigenvalue weighted by Gasteiger charge is 2.28. The topological polar surface area (TPSA) is 164 Å². The van der Waals surface area contributed by atoms with Gasteiger partial charge in [-0.05, 0) is 46.1 Å². The molecule has 0 aliphatic heterocycles. The molecule has 0 spiro atoms. The van der Waals surface area contributed by atoms with Crippen LogP contribution in [0.25, 0.3) is 22.5 Å². The number of hydrogen-bond acceptors (Lipinski definition) is 7. The SMILES string of the molecule is CC(C)(C)c1ccc(-c2cnc(-c3ccc(C[C@H](NC(=O)c4ccc(C(C)(C)C)s4)C(=O)N[C@H](CCC(N)=O)C(=O)O)cc3)nc2)cc1. The van der Waals surface area contributed by atoms with Gasteiger partial charge in [-0.3, -0.25) is 14.4 Å². The summed E-state index contributed by atoms with van der Waals surface area (Å²) in [7, 11) is 0. The largest absolute Gasteiger partial charge is 0.480 e. The van der Waals surface area contributed by atoms with Crippen LogP contribution in [0.2, 0.25) is 0 Å². The van der Waals surface area contributed by atoms with Gasteiger partial charge in [0.05, 0.1) is 4.88 Å². The predicted molar refractivity (Wildman–Crippen MR) is 188 cm³/mol. The van der Waals surface area contributed by atoms with E-state index < -0.39 is 35.8 Å². The Kier molecular flexibility index (Phi) is 11.2. The smallest absolute Gasteiger partial charge is 0.326 e. The molecule has 2 aromatic heterocycles. The van der Waals surface area contributed by atoms with E-state index in [9.17, 15) is 24.3 Å². The molecular weight excluding hydrogens is 627 g/mol. The van der Waals surface area contributed by atoms with Gasteiger partial charge in [0.2, 0.25) is 11.8 Å². The normalized spacial score (nSPS) is 13.0. The average Bonchev–Trinajstić information content (AvgIpc) is 3.54. The molecule has 2 aromatic carbocycles. The minimum absolute atomic E-state index is 0.0632. The van der Waals surface area contributed by atoms with Gasteiger partial charge in [0.15, 0.2) is 5.82 Å². The van der Waals surface area contributed by atoms with Crippen molar-refractivity contribution in [3.63, 3.8) is 0 Å². The second-order valence-corrected chi connectivity index (χ2v) is 15.0. The van der Waals surface area contributed by atoms with Gasteiger partial charge in [0, 0.05) is 41.2 Å². The van der Waals surface area contributed by atoms with Crippen LogP contribution in [0.4, 0.5) is 0 Å². The lowest BCUT2D eigenvalue weighted by Gasteiger charge is -2.21. The summed E-state index contributed by atoms with van der Waals surface area (Å²) < 4.78 is 0. The first-order chi connectivity index (χ1) is 22.5. The molecule has 0 unspecified atom stereocenters. The fourth-order valence-electron chi connectivity index (χ4n) is 4.93. The third kappa shape index (κ3) is 9.57. The molecule has 2 heterocycles. The number of nitrogens with one attached hydrogen (secondary N) is 2. The average molecular weight is 670 g/mol. The van der Waals surface area contributed by atoms with Gasteiger partial charge in [0.25, 0.3) is 5.91 Å². The van der Waals surface area contributed by atoms with Crippen molar-refractivity contribution < 1.29 is 24.3 Å². The van der Waals surface area contributed by atoms with Crippen molar-refractivity contribution in [1.29, 1.82) is 0 Å². The number of hydrogen-bond donors (Lipinski definition) is 4. The number of nitrogens with two attached hydrogens (primary N) is 1. The number of carboxylic acids is 1. The number of amides is 3. The third-order valence-electron chi connectivity index (χ3n) is 7.87. The molecule has 48 heavy (non-hydrogen) atoms. The second kappa shape index (κ2) is 14.9. The minimum atomic E-state index is -1.35. The van der Waals surface area contributed by atoms with Crippen LogP contribution in [0.5, 0.6) is 0 Å². The zero-order valence-corrected chi connectivity index (χ0v) is 29.0. The summed E-state index contributed by atoms with van der Waals surface area (Å²) in [5.41, 5.74) is 9.76. The summed E-state index contributed by atoms with van der Waals surface area (Å²) in [6.07, 6.45) is 3.26. The van der Waals surface area contributed by atoms with Gasteiger partial charge in [-0.15, -0.1) is 11.3 Å². The van der Waals surface area contributed by atoms with Gasteiger partial charge < -0.3 is 21.5 Å². The molecular formula is C37H43N5O5S. The third-order valence-corrected chi connectivity index (χ3v) is 9.38. The highest BCUT2D eigenvalue weighted by atomic mass is 32.1. The Bertz CT molecular complexity index is 1750. The van der Waals surface area contributed by atoms with E-state index in [0.29, 0.717) is 10.7 Å². The van der Waals surface area contributed by atoms with Crippen LogP contribution in [-0.2, 0) is 31.6 Å². The number of carbonyl (C=O) groups is 4. The standard InChI is InChI=1S/C37H43N5O5S/c1-36(2,3)26-13-11-23(12-14-26)25-20-39-32(40-21-25)24-9-7-22(8-10-24)19-28(33(44)41-27(35(46)47)15-18-31(38)43)42-34(45)29-16-17-30(48-29)37(4,5)6/h7-14,16-17,20-21,27-28H,15,18-19H2,1-6H3,(H2,38,43)(H,41,44)(H,42,45)(H,46,47)/t27-,28+/m1/s1. The maximum atomic E-state index is 13.4. The van der Waals surface area contributed by atoms with Crippen LogP contribution in [0.1, 0.15) is 80.1 Å². The maximum absolute atomic E-state index is 13.4. The molecule has 3 amide bonds. The molecule has 0 aliphatic rings. The van der Waals surface area contributed by atoms with Crippen LogP contribution in [-0.4, -0.2) is 50.8 Å². The number of aliphatic carboxylic acids is 1. The van der Waals surface area contributed by atoms with E-state index in [1.54, 1.807) is 18.5 Å². The van der Waals surface area contributed by atoms with Gasteiger partial charge in [-0.2, -0.15) is 0 Å². The molecule has 0 fully saturated rings. The van der Waals surface area contributed by atoms with Crippen molar-refractivity contribution >= 4 is 35.0 Å². The monoisotopic (exact) mass is 669 g/mol. The summed E-state index contributed by atoms with van der Waals surface area (Å²) in [4.78, 5) is 60.4. The summed E-state index contributed by atoms with van der Waals surface area (Å²) in [5, 5.41) is 14.9. The zero-order valence-electron chi connectivity index (χ0n) is 28.2. The first-order valence-electron chi connectivity index (χ1n) is 15.8. The van der Waals surface area contributed by atoms with E-state index >= 15 is 0 Å². The summed E-state index contributed by atoms with van der Waals surface area (Å²) in [5.74, 6) is -2.59. The Morgan fingerprint density at radius 3 is 1.90 bits per heavy atom. The molecule has 5 N–H and O–H groups in total. The number of carbonyl (C=O) groups excluding carboxylic acids is 3. The quantitative estimate of drug-likeness (QED) is 0.152. The molecule has 0 aliphatic carbocycles. The van der Waals surface area contributed by atoms with E-state index in [1.807, 2.05) is 51.1 Å². The van der Waals surface area contributed by atoms with Crippen LogP contribution >= 0.6 is 11.3 Å². The highest BCUT2D eigenvalue weighted by Crippen LogP contribution is 2.30. The molecule has 4 aromatic rings. The fraction of sp³-hybridized carbons (Fsp3) is 0.351. The molecule has 4 rings (SSSR count). The number of rotatable bonds is 12. The first kappa shape index (κ1) is 35.9. The molecule has 10 nitrogen and oxygen atoms in total. The van der Waals surface area contributed by atoms with E-state index in [2.05, 4.69) is 65.6 Å². The van der Waals surface area contributed by atoms with Gasteiger partial charge >= 0.3 is 5.97 Å². The molecule has 0 bridgehead atoms. The molecule has 0 saturated heterocycles. The Hall–Kier alpha value is -4.90. The lowest BCUT2D eigenvalue weighted by molar-refractivity contribution is -0.142. The van der Waals surface area contributed by atoms with E-state index in [-0.39, 0.29) is 30.1 Å². The van der Waals surface area contributed by atoms with Gasteiger partial charge in [0.1, 0.15) is 12.1 Å². The second-order valence-electron chi connectivity index (χ2n) is 13.9. The minimum Gasteiger partial charge on any atom is -0.480 e. The Balaban J connectivity index is 1.51. The van der Waals surface area contributed by atoms with Crippen LogP contribution in [0.15, 0.2) is 73.1 Å². The Morgan fingerprint density at radius 1 is 0.771 bits per heavy atom. The number of thiophene rings is 1. The molecule has 0 radical (unpaired) electrons. The molecule has 0 saturated carbocycles. The van der Waals surface area contributed by atoms with Crippen molar-refractivity contribution in [2.75, 3.05) is 0 Å². The fourth-order valence-corrected chi connectivity index (χ4v) is 5.90. The molecule has 11 heteroatoms. The molecule has 252 valence electrons. The summed E-state index contributed by atoms with van der Waals surface area (Å²) in [6, 6.07) is 16.8. The molecule has 2 atom stereocenters. The highest BCUT2D eigenvalue weighted by molar-refractivity contribution is 7.14. The van der Waals surface area contributed by atoms with Crippen molar-refractivity contribution in [3.8, 4) is 22.5 Å². The van der Waals surface area contributed by atoms with E-state index in [4.69, 9.17) is 5.73 Å². The first-order valence-corrected chi connectivity index (χ1v) is 16.6. The van der Waals surface area contributed by atoms with Crippen molar-refractivity contribution in [2.45, 2.75) is 83.7 Å². The van der Waals surface area contributed by atoms with Crippen LogP contribution in [0.3, 0.4) is 0 Å². The summed E-state index contributed by atoms with van der Waals surface area (Å²) >= 11 is 1.34. The Morgan fingerprint density at radius 2 is 1.38 bits per heavy atom. The van der Waals surface area contributed by atoms with E-state index in [1.165, 1.54) is 16.9 Å². The summed E-state index contributed by atoms with van der Waals surface area (Å²) in [6.45, 7) is 12.7. The maximum Gasteiger partial charge on any atom is 0.326 e. The van der Waals surface area contributed by atoms with Gasteiger partial charge in [-0.1, -0.05) is 90.1 Å². The van der Waals surface area contributed by atoms with E-state index in [0.717, 1.165) is 27.1 Å². The van der Waals surface area contributed by atoms with Crippen LogP contribution < -0.4 is 16.4 Å². The predicted octanol–water partition coefficient (Wildman–Crippen LogP) is 5.64. The van der Waals surface area contributed by atoms with Crippen molar-refractivity contribution in [1.82, 2.24) is 20.6 Å². The van der Waals surface area contributed by atoms with Crippen molar-refractivity contribution in [2.24, 2.45) is 5.73 Å². The number of carboxylic acid groups (broad SMARTS) is 1. The Labute approximate surface area is 285 Å². The zero-order chi connectivity index (χ0) is 35.2. The number of aromatic nitrogens is 2. The number of nitrogens with zero attached hydrogens (tertiary/aromatic N) is 2. The lowest BCUT2D eigenvalue weighted by Crippen LogP contribution is -2.52.